The van der Waals surface area contributed by atoms with Gasteiger partial charge in [0.1, 0.15) is 17.3 Å². The molecule has 0 unspecified atom stereocenters. The molecule has 2 N–H and O–H groups in total. The predicted molar refractivity (Wildman–Crippen MR) is 74.9 cm³/mol. The molecule has 0 spiro atoms. The fraction of sp³-hybridized carbons (Fsp3) is 0.250. The molecule has 0 fully saturated rings. The minimum absolute atomic E-state index is 0.334. The van der Waals surface area contributed by atoms with E-state index in [1.807, 2.05) is 24.3 Å². The normalized spacial score (nSPS) is 12.2. The Morgan fingerprint density at radius 3 is 2.63 bits per heavy atom. The molecule has 19 heavy (non-hydrogen) atoms. The number of rotatable bonds is 4. The van der Waals surface area contributed by atoms with Gasteiger partial charge in [-0.15, -0.1) is 0 Å². The number of hydrogen-bond donors (Lipinski definition) is 1. The van der Waals surface area contributed by atoms with Gasteiger partial charge >= 0.3 is 0 Å². The van der Waals surface area contributed by atoms with Gasteiger partial charge in [0.2, 0.25) is 0 Å². The number of nitrogens with two attached hydrogens (primary N) is 1. The van der Waals surface area contributed by atoms with Crippen LogP contribution in [0.3, 0.4) is 0 Å². The highest BCUT2D eigenvalue weighted by Gasteiger charge is 2.14. The molecule has 0 saturated heterocycles. The zero-order valence-electron chi connectivity index (χ0n) is 11.2. The first-order chi connectivity index (χ1) is 9.11. The van der Waals surface area contributed by atoms with Gasteiger partial charge in [-0.25, -0.2) is 4.39 Å². The summed E-state index contributed by atoms with van der Waals surface area (Å²) in [5.41, 5.74) is 7.39. The van der Waals surface area contributed by atoms with Crippen LogP contribution in [0.15, 0.2) is 42.5 Å². The van der Waals surface area contributed by atoms with Crippen molar-refractivity contribution in [3.63, 3.8) is 0 Å². The summed E-state index contributed by atoms with van der Waals surface area (Å²) in [7, 11) is 0. The summed E-state index contributed by atoms with van der Waals surface area (Å²) < 4.78 is 19.6. The van der Waals surface area contributed by atoms with Gasteiger partial charge in [0.05, 0.1) is 0 Å². The van der Waals surface area contributed by atoms with Crippen LogP contribution in [-0.2, 0) is 6.42 Å². The second-order valence-corrected chi connectivity index (χ2v) is 4.54. The van der Waals surface area contributed by atoms with Gasteiger partial charge in [-0.1, -0.05) is 25.1 Å². The first kappa shape index (κ1) is 13.6. The Morgan fingerprint density at radius 2 is 1.95 bits per heavy atom. The molecule has 0 aromatic heterocycles. The minimum atomic E-state index is -0.412. The first-order valence-electron chi connectivity index (χ1n) is 6.42. The lowest BCUT2D eigenvalue weighted by Crippen LogP contribution is -2.09. The van der Waals surface area contributed by atoms with Crippen molar-refractivity contribution in [1.29, 1.82) is 0 Å². The van der Waals surface area contributed by atoms with Crippen LogP contribution >= 0.6 is 0 Å². The Morgan fingerprint density at radius 1 is 1.21 bits per heavy atom. The van der Waals surface area contributed by atoms with E-state index in [0.717, 1.165) is 6.42 Å². The van der Waals surface area contributed by atoms with Crippen molar-refractivity contribution in [3.8, 4) is 11.5 Å². The van der Waals surface area contributed by atoms with Crippen LogP contribution in [0.2, 0.25) is 0 Å². The molecule has 0 aliphatic rings. The van der Waals surface area contributed by atoms with E-state index in [-0.39, 0.29) is 5.82 Å². The van der Waals surface area contributed by atoms with E-state index in [2.05, 4.69) is 6.92 Å². The van der Waals surface area contributed by atoms with Crippen LogP contribution in [0.1, 0.15) is 31.0 Å². The number of halogens is 1. The van der Waals surface area contributed by atoms with E-state index in [1.54, 1.807) is 19.1 Å². The van der Waals surface area contributed by atoms with Gasteiger partial charge in [0.15, 0.2) is 0 Å². The van der Waals surface area contributed by atoms with Crippen LogP contribution in [-0.4, -0.2) is 0 Å². The van der Waals surface area contributed by atoms with Crippen molar-refractivity contribution in [2.75, 3.05) is 0 Å². The van der Waals surface area contributed by atoms with Crippen molar-refractivity contribution in [3.05, 3.63) is 59.4 Å². The zero-order valence-corrected chi connectivity index (χ0v) is 11.2. The van der Waals surface area contributed by atoms with E-state index >= 15 is 0 Å². The molecule has 1 atom stereocenters. The zero-order chi connectivity index (χ0) is 13.8. The summed E-state index contributed by atoms with van der Waals surface area (Å²) in [5.74, 6) is 0.842. The average Bonchev–Trinajstić information content (AvgIpc) is 2.38. The van der Waals surface area contributed by atoms with Crippen LogP contribution in [0.25, 0.3) is 0 Å². The van der Waals surface area contributed by atoms with Crippen LogP contribution in [0.5, 0.6) is 11.5 Å². The number of ether oxygens (including phenoxy) is 1. The van der Waals surface area contributed by atoms with Gasteiger partial charge < -0.3 is 10.5 Å². The Kier molecular flexibility index (Phi) is 4.17. The smallest absolute Gasteiger partial charge is 0.135 e. The Hall–Kier alpha value is -1.87. The second-order valence-electron chi connectivity index (χ2n) is 4.54. The third-order valence-corrected chi connectivity index (χ3v) is 3.00. The molecule has 0 aliphatic heterocycles. The molecule has 2 nitrogen and oxygen atoms in total. The summed E-state index contributed by atoms with van der Waals surface area (Å²) in [5, 5.41) is 0. The third kappa shape index (κ3) is 3.12. The van der Waals surface area contributed by atoms with Crippen molar-refractivity contribution in [2.24, 2.45) is 5.73 Å². The van der Waals surface area contributed by atoms with Crippen molar-refractivity contribution >= 4 is 0 Å². The van der Waals surface area contributed by atoms with Crippen LogP contribution < -0.4 is 10.5 Å². The molecule has 0 heterocycles. The van der Waals surface area contributed by atoms with Crippen molar-refractivity contribution in [1.82, 2.24) is 0 Å². The molecular formula is C16H18FNO. The Balaban J connectivity index is 2.35. The maximum Gasteiger partial charge on any atom is 0.135 e. The molecule has 2 aromatic carbocycles. The van der Waals surface area contributed by atoms with Gasteiger partial charge in [-0.2, -0.15) is 0 Å². The Bertz CT molecular complexity index is 566. The highest BCUT2D eigenvalue weighted by atomic mass is 19.1. The van der Waals surface area contributed by atoms with E-state index in [0.29, 0.717) is 17.1 Å². The predicted octanol–water partition coefficient (Wildman–Crippen LogP) is 4.20. The fourth-order valence-corrected chi connectivity index (χ4v) is 2.00. The molecule has 2 aromatic rings. The summed E-state index contributed by atoms with van der Waals surface area (Å²) in [6.07, 6.45) is 0.931. The lowest BCUT2D eigenvalue weighted by molar-refractivity contribution is 0.460. The summed E-state index contributed by atoms with van der Waals surface area (Å²) in [6, 6.07) is 12.1. The van der Waals surface area contributed by atoms with Gasteiger partial charge in [0, 0.05) is 11.6 Å². The largest absolute Gasteiger partial charge is 0.457 e. The molecule has 0 aliphatic carbocycles. The Labute approximate surface area is 113 Å². The topological polar surface area (TPSA) is 35.2 Å². The molecule has 3 heteroatoms. The van der Waals surface area contributed by atoms with Crippen molar-refractivity contribution in [2.45, 2.75) is 26.3 Å². The first-order valence-corrected chi connectivity index (χ1v) is 6.42. The molecule has 0 amide bonds. The van der Waals surface area contributed by atoms with Gasteiger partial charge in [0.25, 0.3) is 0 Å². The van der Waals surface area contributed by atoms with E-state index in [4.69, 9.17) is 10.5 Å². The maximum absolute atomic E-state index is 13.8. The molecule has 0 bridgehead atoms. The monoisotopic (exact) mass is 259 g/mol. The highest BCUT2D eigenvalue weighted by molar-refractivity contribution is 5.41. The summed E-state index contributed by atoms with van der Waals surface area (Å²) in [4.78, 5) is 0. The average molecular weight is 259 g/mol. The highest BCUT2D eigenvalue weighted by Crippen LogP contribution is 2.31. The van der Waals surface area contributed by atoms with Gasteiger partial charge in [-0.3, -0.25) is 0 Å². The quantitative estimate of drug-likeness (QED) is 0.893. The molecule has 2 rings (SSSR count). The summed E-state index contributed by atoms with van der Waals surface area (Å²) in [6.45, 7) is 3.82. The van der Waals surface area contributed by atoms with E-state index < -0.39 is 6.04 Å². The molecular weight excluding hydrogens is 241 g/mol. The number of aryl methyl sites for hydroxylation is 1. The van der Waals surface area contributed by atoms with Crippen LogP contribution in [0, 0.1) is 5.82 Å². The second kappa shape index (κ2) is 5.85. The summed E-state index contributed by atoms with van der Waals surface area (Å²) >= 11 is 0. The third-order valence-electron chi connectivity index (χ3n) is 3.00. The number of benzene rings is 2. The standard InChI is InChI=1S/C16H18FNO/c1-3-12-6-4-7-13(10-12)19-15-9-5-8-14(17)16(15)11(2)18/h4-11H,3,18H2,1-2H3/t11-/m1/s1. The minimum Gasteiger partial charge on any atom is -0.457 e. The lowest BCUT2D eigenvalue weighted by atomic mass is 10.1. The van der Waals surface area contributed by atoms with Crippen molar-refractivity contribution < 1.29 is 9.13 Å². The van der Waals surface area contributed by atoms with E-state index in [9.17, 15) is 4.39 Å². The molecule has 100 valence electrons. The van der Waals surface area contributed by atoms with Crippen LogP contribution in [0.4, 0.5) is 4.39 Å². The van der Waals surface area contributed by atoms with E-state index in [1.165, 1.54) is 11.6 Å². The number of hydrogen-bond acceptors (Lipinski definition) is 2. The SMILES string of the molecule is CCc1cccc(Oc2cccc(F)c2[C@@H](C)N)c1. The van der Waals surface area contributed by atoms with Gasteiger partial charge in [-0.05, 0) is 43.2 Å². The molecule has 0 radical (unpaired) electrons. The maximum atomic E-state index is 13.8. The molecule has 0 saturated carbocycles. The fourth-order valence-electron chi connectivity index (χ4n) is 2.00. The lowest BCUT2D eigenvalue weighted by Gasteiger charge is -2.14.